The lowest BCUT2D eigenvalue weighted by Crippen LogP contribution is -2.13. The highest BCUT2D eigenvalue weighted by Crippen LogP contribution is 2.39. The molecule has 0 aromatic heterocycles. The fourth-order valence-corrected chi connectivity index (χ4v) is 3.31. The molecule has 0 amide bonds. The molecular formula is C26H21F3O5. The summed E-state index contributed by atoms with van der Waals surface area (Å²) in [6.07, 6.45) is -3.13. The van der Waals surface area contributed by atoms with Crippen molar-refractivity contribution in [2.24, 2.45) is 0 Å². The predicted molar refractivity (Wildman–Crippen MR) is 120 cm³/mol. The van der Waals surface area contributed by atoms with Crippen LogP contribution in [0.4, 0.5) is 13.2 Å². The molecule has 8 heteroatoms. The highest BCUT2D eigenvalue weighted by molar-refractivity contribution is 5.83. The minimum Gasteiger partial charge on any atom is -0.489 e. The average Bonchev–Trinajstić information content (AvgIpc) is 2.80. The number of carbonyl (C=O) groups excluding carboxylic acids is 1. The van der Waals surface area contributed by atoms with Crippen LogP contribution in [0.15, 0.2) is 73.3 Å². The Morgan fingerprint density at radius 1 is 0.941 bits per heavy atom. The number of alkyl halides is 3. The van der Waals surface area contributed by atoms with Crippen LogP contribution in [0.5, 0.6) is 11.5 Å². The van der Waals surface area contributed by atoms with Gasteiger partial charge in [0.05, 0.1) is 17.5 Å². The second-order valence-electron chi connectivity index (χ2n) is 7.31. The molecule has 5 nitrogen and oxygen atoms in total. The molecule has 0 spiro atoms. The first-order valence-corrected chi connectivity index (χ1v) is 10.2. The summed E-state index contributed by atoms with van der Waals surface area (Å²) in [4.78, 5) is 22.4. The van der Waals surface area contributed by atoms with E-state index in [1.807, 2.05) is 12.1 Å². The van der Waals surface area contributed by atoms with Crippen molar-refractivity contribution in [3.8, 4) is 22.6 Å². The van der Waals surface area contributed by atoms with Gasteiger partial charge in [0.2, 0.25) is 0 Å². The van der Waals surface area contributed by atoms with Gasteiger partial charge in [-0.2, -0.15) is 13.2 Å². The fourth-order valence-electron chi connectivity index (χ4n) is 3.31. The van der Waals surface area contributed by atoms with Gasteiger partial charge in [-0.1, -0.05) is 55.1 Å². The van der Waals surface area contributed by atoms with E-state index in [1.165, 1.54) is 12.1 Å². The highest BCUT2D eigenvalue weighted by atomic mass is 19.4. The molecule has 0 saturated carbocycles. The molecule has 0 heterocycles. The van der Waals surface area contributed by atoms with E-state index in [-0.39, 0.29) is 30.8 Å². The normalized spacial score (nSPS) is 11.0. The van der Waals surface area contributed by atoms with Crippen molar-refractivity contribution in [3.05, 3.63) is 95.6 Å². The first-order valence-electron chi connectivity index (χ1n) is 10.2. The van der Waals surface area contributed by atoms with Gasteiger partial charge in [-0.3, -0.25) is 9.59 Å². The van der Waals surface area contributed by atoms with Gasteiger partial charge in [-0.05, 0) is 34.9 Å². The zero-order valence-electron chi connectivity index (χ0n) is 18.0. The Morgan fingerprint density at radius 2 is 1.56 bits per heavy atom. The van der Waals surface area contributed by atoms with Crippen LogP contribution < -0.4 is 9.47 Å². The van der Waals surface area contributed by atoms with E-state index in [4.69, 9.17) is 14.6 Å². The number of carbonyl (C=O) groups is 2. The summed E-state index contributed by atoms with van der Waals surface area (Å²) in [6.45, 7) is 3.10. The zero-order chi connectivity index (χ0) is 24.7. The monoisotopic (exact) mass is 470 g/mol. The van der Waals surface area contributed by atoms with E-state index in [1.54, 1.807) is 36.4 Å². The van der Waals surface area contributed by atoms with Crippen molar-refractivity contribution in [2.75, 3.05) is 6.61 Å². The SMILES string of the molecule is C=CCOc1c(C(F)(F)F)ccc(COc2ccc(-c3ccc(CC(=O)O)cc3)cc2)c1C=O. The Hall–Kier alpha value is -4.07. The molecule has 0 fully saturated rings. The Balaban J connectivity index is 1.76. The summed E-state index contributed by atoms with van der Waals surface area (Å²) in [5.74, 6) is -0.999. The van der Waals surface area contributed by atoms with Gasteiger partial charge in [0.25, 0.3) is 0 Å². The predicted octanol–water partition coefficient (Wildman–Crippen LogP) is 5.96. The summed E-state index contributed by atoms with van der Waals surface area (Å²) in [5.41, 5.74) is 1.43. The maximum atomic E-state index is 13.4. The van der Waals surface area contributed by atoms with Crippen LogP contribution in [-0.2, 0) is 24.0 Å². The van der Waals surface area contributed by atoms with E-state index in [2.05, 4.69) is 6.58 Å². The number of hydrogen-bond acceptors (Lipinski definition) is 4. The Morgan fingerprint density at radius 3 is 2.09 bits per heavy atom. The summed E-state index contributed by atoms with van der Waals surface area (Å²) >= 11 is 0. The molecule has 0 aliphatic rings. The van der Waals surface area contributed by atoms with E-state index >= 15 is 0 Å². The number of benzene rings is 3. The van der Waals surface area contributed by atoms with Gasteiger partial charge in [0, 0.05) is 5.56 Å². The average molecular weight is 470 g/mol. The summed E-state index contributed by atoms with van der Waals surface area (Å²) in [5, 5.41) is 8.86. The molecular weight excluding hydrogens is 449 g/mol. The summed E-state index contributed by atoms with van der Waals surface area (Å²) in [7, 11) is 0. The Labute approximate surface area is 194 Å². The van der Waals surface area contributed by atoms with Gasteiger partial charge in [0.1, 0.15) is 24.7 Å². The minimum atomic E-state index is -4.69. The van der Waals surface area contributed by atoms with Gasteiger partial charge in [-0.15, -0.1) is 0 Å². The second-order valence-corrected chi connectivity index (χ2v) is 7.31. The molecule has 0 atom stereocenters. The van der Waals surface area contributed by atoms with Crippen molar-refractivity contribution in [2.45, 2.75) is 19.2 Å². The first kappa shape index (κ1) is 24.6. The molecule has 176 valence electrons. The second kappa shape index (κ2) is 10.7. The molecule has 3 aromatic carbocycles. The maximum Gasteiger partial charge on any atom is 0.419 e. The maximum absolute atomic E-state index is 13.4. The first-order chi connectivity index (χ1) is 16.2. The number of carboxylic acid groups (broad SMARTS) is 1. The molecule has 0 unspecified atom stereocenters. The quantitative estimate of drug-likeness (QED) is 0.293. The molecule has 0 radical (unpaired) electrons. The van der Waals surface area contributed by atoms with E-state index in [9.17, 15) is 22.8 Å². The summed E-state index contributed by atoms with van der Waals surface area (Å²) in [6, 6.07) is 16.2. The zero-order valence-corrected chi connectivity index (χ0v) is 18.0. The van der Waals surface area contributed by atoms with Crippen LogP contribution in [-0.4, -0.2) is 24.0 Å². The van der Waals surface area contributed by atoms with E-state index in [0.717, 1.165) is 17.2 Å². The van der Waals surface area contributed by atoms with E-state index < -0.39 is 23.5 Å². The van der Waals surface area contributed by atoms with E-state index in [0.29, 0.717) is 17.6 Å². The highest BCUT2D eigenvalue weighted by Gasteiger charge is 2.36. The van der Waals surface area contributed by atoms with Gasteiger partial charge in [-0.25, -0.2) is 0 Å². The molecule has 34 heavy (non-hydrogen) atoms. The third-order valence-corrected chi connectivity index (χ3v) is 4.95. The molecule has 0 bridgehead atoms. The molecule has 3 aromatic rings. The van der Waals surface area contributed by atoms with Crippen molar-refractivity contribution in [3.63, 3.8) is 0 Å². The summed E-state index contributed by atoms with van der Waals surface area (Å²) < 4.78 is 50.9. The molecule has 1 N–H and O–H groups in total. The largest absolute Gasteiger partial charge is 0.489 e. The van der Waals surface area contributed by atoms with Crippen LogP contribution in [0, 0.1) is 0 Å². The van der Waals surface area contributed by atoms with Crippen molar-refractivity contribution < 1.29 is 37.3 Å². The number of carboxylic acids is 1. The van der Waals surface area contributed by atoms with Crippen LogP contribution in [0.3, 0.4) is 0 Å². The lowest BCUT2D eigenvalue weighted by Gasteiger charge is -2.18. The van der Waals surface area contributed by atoms with Gasteiger partial charge in [0.15, 0.2) is 6.29 Å². The van der Waals surface area contributed by atoms with Crippen molar-refractivity contribution in [1.29, 1.82) is 0 Å². The lowest BCUT2D eigenvalue weighted by molar-refractivity contribution is -0.139. The number of hydrogen-bond donors (Lipinski definition) is 1. The standard InChI is InChI=1S/C26H21F3O5/c1-2-13-33-25-22(15-30)20(9-12-23(25)26(27,28)29)16-34-21-10-7-19(8-11-21)18-5-3-17(4-6-18)14-24(31)32/h2-12,15H,1,13-14,16H2,(H,31,32). The fraction of sp³-hybridized carbons (Fsp3) is 0.154. The van der Waals surface area contributed by atoms with Crippen molar-refractivity contribution >= 4 is 12.3 Å². The number of aliphatic carboxylic acids is 1. The molecule has 3 rings (SSSR count). The minimum absolute atomic E-state index is 0.0554. The van der Waals surface area contributed by atoms with Crippen LogP contribution >= 0.6 is 0 Å². The Kier molecular flexibility index (Phi) is 7.73. The third kappa shape index (κ3) is 6.04. The number of ether oxygens (including phenoxy) is 2. The van der Waals surface area contributed by atoms with Crippen LogP contribution in [0.25, 0.3) is 11.1 Å². The van der Waals surface area contributed by atoms with Crippen molar-refractivity contribution in [1.82, 2.24) is 0 Å². The molecule has 0 aliphatic carbocycles. The number of aldehydes is 1. The molecule has 0 aliphatic heterocycles. The lowest BCUT2D eigenvalue weighted by atomic mass is 10.0. The van der Waals surface area contributed by atoms with Crippen LogP contribution in [0.2, 0.25) is 0 Å². The van der Waals surface area contributed by atoms with Gasteiger partial charge < -0.3 is 14.6 Å². The molecule has 0 saturated heterocycles. The number of halogens is 3. The van der Waals surface area contributed by atoms with Crippen LogP contribution in [0.1, 0.15) is 27.0 Å². The smallest absolute Gasteiger partial charge is 0.419 e. The topological polar surface area (TPSA) is 72.8 Å². The Bertz CT molecular complexity index is 1170. The third-order valence-electron chi connectivity index (χ3n) is 4.95. The number of rotatable bonds is 10. The van der Waals surface area contributed by atoms with Gasteiger partial charge >= 0.3 is 12.1 Å².